The van der Waals surface area contributed by atoms with Crippen molar-refractivity contribution in [2.75, 3.05) is 42.9 Å². The lowest BCUT2D eigenvalue weighted by Gasteiger charge is -2.34. The molecular weight excluding hydrogens is 343 g/mol. The van der Waals surface area contributed by atoms with Gasteiger partial charge in [-0.3, -0.25) is 0 Å². The highest BCUT2D eigenvalue weighted by Gasteiger charge is 2.33. The van der Waals surface area contributed by atoms with Gasteiger partial charge >= 0.3 is 6.18 Å². The molecule has 0 aliphatic carbocycles. The van der Waals surface area contributed by atoms with Crippen LogP contribution >= 0.6 is 0 Å². The van der Waals surface area contributed by atoms with E-state index in [-0.39, 0.29) is 5.69 Å². The number of likely N-dealkylation sites (N-methyl/N-ethyl adjacent to an activating group) is 1. The molecule has 0 spiro atoms. The van der Waals surface area contributed by atoms with Crippen LogP contribution < -0.4 is 10.2 Å². The number of halogens is 3. The quantitative estimate of drug-likeness (QED) is 0.895. The van der Waals surface area contributed by atoms with Crippen molar-refractivity contribution in [2.24, 2.45) is 0 Å². The summed E-state index contributed by atoms with van der Waals surface area (Å²) in [4.78, 5) is 13.2. The van der Waals surface area contributed by atoms with Crippen molar-refractivity contribution >= 4 is 17.3 Å². The molecule has 0 amide bonds. The van der Waals surface area contributed by atoms with Gasteiger partial charge in [-0.15, -0.1) is 0 Å². The van der Waals surface area contributed by atoms with Crippen molar-refractivity contribution < 1.29 is 13.2 Å². The fourth-order valence-electron chi connectivity index (χ4n) is 3.05. The first-order valence-corrected chi connectivity index (χ1v) is 8.63. The number of nitrogens with zero attached hydrogens (tertiary/aromatic N) is 4. The number of hydrogen-bond donors (Lipinski definition) is 1. The minimum Gasteiger partial charge on any atom is -0.354 e. The highest BCUT2D eigenvalue weighted by Crippen LogP contribution is 2.35. The van der Waals surface area contributed by atoms with E-state index in [1.807, 2.05) is 0 Å². The molecule has 1 saturated heterocycles. The summed E-state index contributed by atoms with van der Waals surface area (Å²) in [5.41, 5.74) is -0.728. The number of rotatable bonds is 4. The molecule has 26 heavy (non-hydrogen) atoms. The average Bonchev–Trinajstić information content (AvgIpc) is 2.61. The molecule has 0 atom stereocenters. The van der Waals surface area contributed by atoms with Crippen LogP contribution in [0.3, 0.4) is 0 Å². The van der Waals surface area contributed by atoms with Gasteiger partial charge in [0.2, 0.25) is 0 Å². The zero-order chi connectivity index (χ0) is 18.7. The molecular formula is C18H22F3N5. The molecule has 2 aromatic rings. The van der Waals surface area contributed by atoms with Crippen LogP contribution in [0.2, 0.25) is 0 Å². The maximum Gasteiger partial charge on any atom is 0.418 e. The van der Waals surface area contributed by atoms with Gasteiger partial charge in [0.1, 0.15) is 17.5 Å². The Morgan fingerprint density at radius 1 is 1.08 bits per heavy atom. The molecule has 2 heterocycles. The van der Waals surface area contributed by atoms with Crippen molar-refractivity contribution in [3.05, 3.63) is 41.7 Å². The fraction of sp³-hybridized carbons (Fsp3) is 0.444. The van der Waals surface area contributed by atoms with E-state index in [4.69, 9.17) is 0 Å². The van der Waals surface area contributed by atoms with Crippen LogP contribution in [-0.4, -0.2) is 47.6 Å². The Labute approximate surface area is 150 Å². The number of nitrogens with one attached hydrogen (secondary N) is 1. The number of anilines is 3. The Kier molecular flexibility index (Phi) is 5.31. The molecule has 1 aromatic heterocycles. The second-order valence-corrected chi connectivity index (χ2v) is 6.25. The third-order valence-electron chi connectivity index (χ3n) is 4.46. The van der Waals surface area contributed by atoms with Crippen LogP contribution in [0.5, 0.6) is 0 Å². The number of piperazine rings is 1. The monoisotopic (exact) mass is 365 g/mol. The number of benzene rings is 1. The zero-order valence-corrected chi connectivity index (χ0v) is 14.8. The number of alkyl halides is 3. The van der Waals surface area contributed by atoms with E-state index in [9.17, 15) is 13.2 Å². The standard InChI is InChI=1S/C18H22F3N5/c1-3-25-8-10-26(11-9-25)17-12-16(22-13(2)23-17)24-15-7-5-4-6-14(15)18(19,20)21/h4-7,12H,3,8-11H2,1-2H3,(H,22,23,24). The molecule has 0 radical (unpaired) electrons. The second kappa shape index (κ2) is 7.49. The van der Waals surface area contributed by atoms with Crippen molar-refractivity contribution in [1.29, 1.82) is 0 Å². The molecule has 8 heteroatoms. The summed E-state index contributed by atoms with van der Waals surface area (Å²) in [6.07, 6.45) is -4.43. The molecule has 1 N–H and O–H groups in total. The summed E-state index contributed by atoms with van der Waals surface area (Å²) in [6.45, 7) is 8.44. The van der Waals surface area contributed by atoms with E-state index >= 15 is 0 Å². The molecule has 5 nitrogen and oxygen atoms in total. The van der Waals surface area contributed by atoms with Gasteiger partial charge in [0.05, 0.1) is 11.3 Å². The van der Waals surface area contributed by atoms with Gasteiger partial charge in [-0.05, 0) is 25.6 Å². The van der Waals surface area contributed by atoms with Crippen molar-refractivity contribution in [2.45, 2.75) is 20.0 Å². The maximum atomic E-state index is 13.2. The van der Waals surface area contributed by atoms with Crippen LogP contribution in [0.25, 0.3) is 0 Å². The molecule has 1 aliphatic heterocycles. The summed E-state index contributed by atoms with van der Waals surface area (Å²) < 4.78 is 39.6. The minimum atomic E-state index is -4.43. The van der Waals surface area contributed by atoms with E-state index in [2.05, 4.69) is 32.0 Å². The van der Waals surface area contributed by atoms with Gasteiger partial charge in [0.15, 0.2) is 0 Å². The first-order chi connectivity index (χ1) is 12.4. The molecule has 0 unspecified atom stereocenters. The zero-order valence-electron chi connectivity index (χ0n) is 14.8. The largest absolute Gasteiger partial charge is 0.418 e. The Hall–Kier alpha value is -2.35. The van der Waals surface area contributed by atoms with Crippen LogP contribution in [0.4, 0.5) is 30.5 Å². The normalized spacial score (nSPS) is 16.0. The third kappa shape index (κ3) is 4.24. The third-order valence-corrected chi connectivity index (χ3v) is 4.46. The van der Waals surface area contributed by atoms with Crippen LogP contribution in [0, 0.1) is 6.92 Å². The fourth-order valence-corrected chi connectivity index (χ4v) is 3.05. The lowest BCUT2D eigenvalue weighted by Crippen LogP contribution is -2.46. The lowest BCUT2D eigenvalue weighted by molar-refractivity contribution is -0.136. The summed E-state index contributed by atoms with van der Waals surface area (Å²) in [5.74, 6) is 1.62. The highest BCUT2D eigenvalue weighted by atomic mass is 19.4. The van der Waals surface area contributed by atoms with Gasteiger partial charge in [0.25, 0.3) is 0 Å². The van der Waals surface area contributed by atoms with E-state index in [0.29, 0.717) is 11.6 Å². The van der Waals surface area contributed by atoms with Gasteiger partial charge in [-0.25, -0.2) is 9.97 Å². The summed E-state index contributed by atoms with van der Waals surface area (Å²) >= 11 is 0. The molecule has 1 fully saturated rings. The Morgan fingerprint density at radius 3 is 2.42 bits per heavy atom. The number of para-hydroxylation sites is 1. The number of aromatic nitrogens is 2. The molecule has 0 bridgehead atoms. The van der Waals surface area contributed by atoms with Crippen molar-refractivity contribution in [1.82, 2.24) is 14.9 Å². The van der Waals surface area contributed by atoms with Gasteiger partial charge in [-0.2, -0.15) is 13.2 Å². The molecule has 0 saturated carbocycles. The topological polar surface area (TPSA) is 44.3 Å². The molecule has 1 aliphatic rings. The number of aryl methyl sites for hydroxylation is 1. The maximum absolute atomic E-state index is 13.2. The van der Waals surface area contributed by atoms with Gasteiger partial charge in [0, 0.05) is 32.2 Å². The molecule has 140 valence electrons. The van der Waals surface area contributed by atoms with E-state index in [1.165, 1.54) is 12.1 Å². The van der Waals surface area contributed by atoms with E-state index in [1.54, 1.807) is 19.1 Å². The summed E-state index contributed by atoms with van der Waals surface area (Å²) in [7, 11) is 0. The van der Waals surface area contributed by atoms with Crippen LogP contribution in [-0.2, 0) is 6.18 Å². The predicted molar refractivity (Wildman–Crippen MR) is 95.8 cm³/mol. The Bertz CT molecular complexity index is 755. The summed E-state index contributed by atoms with van der Waals surface area (Å²) in [6, 6.07) is 7.11. The average molecular weight is 365 g/mol. The van der Waals surface area contributed by atoms with Crippen molar-refractivity contribution in [3.63, 3.8) is 0 Å². The second-order valence-electron chi connectivity index (χ2n) is 6.25. The van der Waals surface area contributed by atoms with E-state index in [0.717, 1.165) is 44.6 Å². The first-order valence-electron chi connectivity index (χ1n) is 8.63. The minimum absolute atomic E-state index is 0.0140. The van der Waals surface area contributed by atoms with Gasteiger partial charge in [-0.1, -0.05) is 19.1 Å². The van der Waals surface area contributed by atoms with Crippen molar-refractivity contribution in [3.8, 4) is 0 Å². The van der Waals surface area contributed by atoms with Gasteiger partial charge < -0.3 is 15.1 Å². The Balaban J connectivity index is 1.83. The number of hydrogen-bond acceptors (Lipinski definition) is 5. The highest BCUT2D eigenvalue weighted by molar-refractivity contribution is 5.63. The smallest absolute Gasteiger partial charge is 0.354 e. The molecule has 1 aromatic carbocycles. The SMILES string of the molecule is CCN1CCN(c2cc(Nc3ccccc3C(F)(F)F)nc(C)n2)CC1. The van der Waals surface area contributed by atoms with Crippen LogP contribution in [0.1, 0.15) is 18.3 Å². The summed E-state index contributed by atoms with van der Waals surface area (Å²) in [5, 5.41) is 2.81. The van der Waals surface area contributed by atoms with Crippen LogP contribution in [0.15, 0.2) is 30.3 Å². The predicted octanol–water partition coefficient (Wildman–Crippen LogP) is 3.69. The first kappa shape index (κ1) is 18.4. The van der Waals surface area contributed by atoms with E-state index < -0.39 is 11.7 Å². The molecule has 3 rings (SSSR count). The Morgan fingerprint density at radius 2 is 1.77 bits per heavy atom. The lowest BCUT2D eigenvalue weighted by atomic mass is 10.1.